The molecule has 0 spiro atoms. The average Bonchev–Trinajstić information content (AvgIpc) is 2.87. The lowest BCUT2D eigenvalue weighted by atomic mass is 10.1. The number of amides is 1. The molecular formula is C14H20N2O5S2. The maximum absolute atomic E-state index is 12.0. The number of nitrogens with two attached hydrogens (primary N) is 1. The Morgan fingerprint density at radius 1 is 1.30 bits per heavy atom. The Kier molecular flexibility index (Phi) is 6.04. The third-order valence-corrected chi connectivity index (χ3v) is 5.76. The van der Waals surface area contributed by atoms with Crippen molar-refractivity contribution in [2.24, 2.45) is 5.14 Å². The number of ether oxygens (including phenoxy) is 2. The summed E-state index contributed by atoms with van der Waals surface area (Å²) in [7, 11) is -0.600. The zero-order valence-corrected chi connectivity index (χ0v) is 14.6. The number of carbonyl (C=O) groups is 1. The quantitative estimate of drug-likeness (QED) is 0.707. The first-order chi connectivity index (χ1) is 10.9. The Morgan fingerprint density at radius 3 is 2.43 bits per heavy atom. The second-order valence-electron chi connectivity index (χ2n) is 5.07. The van der Waals surface area contributed by atoms with Crippen molar-refractivity contribution in [1.82, 2.24) is 4.90 Å². The lowest BCUT2D eigenvalue weighted by Gasteiger charge is -2.28. The van der Waals surface area contributed by atoms with Crippen molar-refractivity contribution in [1.29, 1.82) is 0 Å². The number of carbonyl (C=O) groups excluding carboxylic acids is 1. The van der Waals surface area contributed by atoms with Gasteiger partial charge in [-0.1, -0.05) is 12.1 Å². The number of rotatable bonds is 7. The number of hydrogen-bond acceptors (Lipinski definition) is 6. The Hall–Kier alpha value is -1.13. The summed E-state index contributed by atoms with van der Waals surface area (Å²) >= 11 is 1.49. The van der Waals surface area contributed by atoms with Crippen LogP contribution in [0, 0.1) is 0 Å². The molecule has 1 heterocycles. The topological polar surface area (TPSA) is 98.9 Å². The van der Waals surface area contributed by atoms with Crippen LogP contribution < -0.4 is 5.14 Å². The van der Waals surface area contributed by atoms with Crippen LogP contribution in [-0.2, 0) is 30.7 Å². The lowest BCUT2D eigenvalue weighted by molar-refractivity contribution is -0.145. The Labute approximate surface area is 140 Å². The van der Waals surface area contributed by atoms with E-state index in [1.54, 1.807) is 31.3 Å². The van der Waals surface area contributed by atoms with Crippen LogP contribution >= 0.6 is 11.8 Å². The van der Waals surface area contributed by atoms with E-state index >= 15 is 0 Å². The van der Waals surface area contributed by atoms with E-state index in [1.165, 1.54) is 23.9 Å². The van der Waals surface area contributed by atoms with Crippen LogP contribution in [0.4, 0.5) is 0 Å². The molecule has 2 N–H and O–H groups in total. The first-order valence-corrected chi connectivity index (χ1v) is 9.54. The summed E-state index contributed by atoms with van der Waals surface area (Å²) in [6, 6.07) is 6.34. The van der Waals surface area contributed by atoms with Crippen molar-refractivity contribution in [3.63, 3.8) is 0 Å². The summed E-state index contributed by atoms with van der Waals surface area (Å²) in [6.45, 7) is 0.508. The van der Waals surface area contributed by atoms with Crippen LogP contribution in [0.3, 0.4) is 0 Å². The molecule has 0 aliphatic carbocycles. The van der Waals surface area contributed by atoms with Gasteiger partial charge in [-0.05, 0) is 24.1 Å². The molecule has 1 saturated heterocycles. The van der Waals surface area contributed by atoms with E-state index in [0.29, 0.717) is 18.7 Å². The zero-order chi connectivity index (χ0) is 17.0. The van der Waals surface area contributed by atoms with Crippen LogP contribution in [0.5, 0.6) is 0 Å². The molecule has 1 aliphatic rings. The molecule has 0 bridgehead atoms. The lowest BCUT2D eigenvalue weighted by Crippen LogP contribution is -2.42. The van der Waals surface area contributed by atoms with E-state index in [9.17, 15) is 13.2 Å². The number of benzene rings is 1. The number of thioether (sulfide) groups is 1. The minimum absolute atomic E-state index is 0.0419. The molecular weight excluding hydrogens is 340 g/mol. The van der Waals surface area contributed by atoms with Crippen LogP contribution in [0.2, 0.25) is 0 Å². The van der Waals surface area contributed by atoms with Gasteiger partial charge in [0.2, 0.25) is 15.9 Å². The van der Waals surface area contributed by atoms with Gasteiger partial charge < -0.3 is 14.4 Å². The van der Waals surface area contributed by atoms with Gasteiger partial charge >= 0.3 is 0 Å². The van der Waals surface area contributed by atoms with E-state index in [0.717, 1.165) is 5.56 Å². The fourth-order valence-electron chi connectivity index (χ4n) is 2.37. The predicted molar refractivity (Wildman–Crippen MR) is 87.3 cm³/mol. The van der Waals surface area contributed by atoms with Crippen LogP contribution in [-0.4, -0.2) is 57.4 Å². The maximum Gasteiger partial charge on any atom is 0.238 e. The minimum atomic E-state index is -3.69. The molecule has 1 amide bonds. The number of methoxy groups -OCH3 is 2. The monoisotopic (exact) mass is 360 g/mol. The number of nitrogens with zero attached hydrogens (tertiary/aromatic N) is 1. The molecule has 23 heavy (non-hydrogen) atoms. The van der Waals surface area contributed by atoms with Gasteiger partial charge in [-0.3, -0.25) is 4.79 Å². The molecule has 1 fully saturated rings. The van der Waals surface area contributed by atoms with Gasteiger partial charge in [-0.15, -0.1) is 11.8 Å². The zero-order valence-electron chi connectivity index (χ0n) is 13.0. The Morgan fingerprint density at radius 2 is 1.91 bits per heavy atom. The van der Waals surface area contributed by atoms with Gasteiger partial charge in [0.05, 0.1) is 10.6 Å². The second-order valence-corrected chi connectivity index (χ2v) is 7.73. The Bertz CT molecular complexity index is 644. The summed E-state index contributed by atoms with van der Waals surface area (Å²) in [6.07, 6.45) is 0.129. The molecule has 1 aliphatic heterocycles. The normalized spacial score (nSPS) is 18.9. The fraction of sp³-hybridized carbons (Fsp3) is 0.500. The first-order valence-electron chi connectivity index (χ1n) is 6.95. The summed E-state index contributed by atoms with van der Waals surface area (Å²) in [5.74, 6) is 0.443. The molecule has 0 aromatic heterocycles. The number of hydrogen-bond donors (Lipinski definition) is 1. The SMILES string of the molecule is COC(OC)C1SCC(=O)N1CCc1ccc(S(N)(=O)=O)cc1. The highest BCUT2D eigenvalue weighted by atomic mass is 32.2. The van der Waals surface area contributed by atoms with Crippen LogP contribution in [0.1, 0.15) is 5.56 Å². The molecule has 0 radical (unpaired) electrons. The van der Waals surface area contributed by atoms with E-state index in [2.05, 4.69) is 0 Å². The third kappa shape index (κ3) is 4.45. The van der Waals surface area contributed by atoms with Crippen molar-refractivity contribution in [2.75, 3.05) is 26.5 Å². The first kappa shape index (κ1) is 18.2. The Balaban J connectivity index is 2.02. The third-order valence-electron chi connectivity index (χ3n) is 3.60. The standard InChI is InChI=1S/C14H20N2O5S2/c1-20-14(21-2)13-16(12(17)9-22-13)8-7-10-3-5-11(6-4-10)23(15,18)19/h3-6,13-14H,7-9H2,1-2H3,(H2,15,18,19). The highest BCUT2D eigenvalue weighted by Gasteiger charge is 2.37. The van der Waals surface area contributed by atoms with Gasteiger partial charge in [0, 0.05) is 20.8 Å². The van der Waals surface area contributed by atoms with Crippen molar-refractivity contribution < 1.29 is 22.7 Å². The molecule has 9 heteroatoms. The van der Waals surface area contributed by atoms with Gasteiger partial charge in [0.1, 0.15) is 5.37 Å². The van der Waals surface area contributed by atoms with Crippen LogP contribution in [0.25, 0.3) is 0 Å². The molecule has 2 rings (SSSR count). The summed E-state index contributed by atoms with van der Waals surface area (Å²) in [5, 5.41) is 4.89. The second kappa shape index (κ2) is 7.63. The van der Waals surface area contributed by atoms with E-state index in [-0.39, 0.29) is 16.2 Å². The van der Waals surface area contributed by atoms with Gasteiger partial charge in [-0.2, -0.15) is 0 Å². The van der Waals surface area contributed by atoms with Crippen molar-refractivity contribution in [3.8, 4) is 0 Å². The molecule has 1 unspecified atom stereocenters. The summed E-state index contributed by atoms with van der Waals surface area (Å²) < 4.78 is 33.0. The van der Waals surface area contributed by atoms with E-state index < -0.39 is 16.3 Å². The molecule has 1 aromatic rings. The predicted octanol–water partition coefficient (Wildman–Crippen LogP) is 0.397. The summed E-state index contributed by atoms with van der Waals surface area (Å²) in [4.78, 5) is 13.8. The largest absolute Gasteiger partial charge is 0.353 e. The van der Waals surface area contributed by atoms with Crippen LogP contribution in [0.15, 0.2) is 29.2 Å². The molecule has 1 atom stereocenters. The highest BCUT2D eigenvalue weighted by molar-refractivity contribution is 8.01. The minimum Gasteiger partial charge on any atom is -0.353 e. The van der Waals surface area contributed by atoms with Gasteiger partial charge in [0.15, 0.2) is 6.29 Å². The molecule has 1 aromatic carbocycles. The van der Waals surface area contributed by atoms with Crippen molar-refractivity contribution in [2.45, 2.75) is 23.0 Å². The van der Waals surface area contributed by atoms with Gasteiger partial charge in [-0.25, -0.2) is 13.6 Å². The number of primary sulfonamides is 1. The van der Waals surface area contributed by atoms with Crippen molar-refractivity contribution >= 4 is 27.7 Å². The highest BCUT2D eigenvalue weighted by Crippen LogP contribution is 2.29. The molecule has 0 saturated carbocycles. The van der Waals surface area contributed by atoms with Gasteiger partial charge in [0.25, 0.3) is 0 Å². The van der Waals surface area contributed by atoms with E-state index in [4.69, 9.17) is 14.6 Å². The smallest absolute Gasteiger partial charge is 0.238 e. The number of sulfonamides is 1. The average molecular weight is 360 g/mol. The molecule has 128 valence electrons. The fourth-order valence-corrected chi connectivity index (χ4v) is 4.15. The van der Waals surface area contributed by atoms with Crippen molar-refractivity contribution in [3.05, 3.63) is 29.8 Å². The molecule has 7 nitrogen and oxygen atoms in total. The van der Waals surface area contributed by atoms with E-state index in [1.807, 2.05) is 0 Å². The summed E-state index contributed by atoms with van der Waals surface area (Å²) in [5.41, 5.74) is 0.923. The maximum atomic E-state index is 12.0.